The number of fused-ring (bicyclic) bond motifs is 1. The molecule has 4 heteroatoms. The van der Waals surface area contributed by atoms with Gasteiger partial charge in [0, 0.05) is 34.9 Å². The maximum absolute atomic E-state index is 11.5. The lowest BCUT2D eigenvalue weighted by molar-refractivity contribution is 0.1000. The second-order valence-corrected chi connectivity index (χ2v) is 6.63. The van der Waals surface area contributed by atoms with E-state index in [0.29, 0.717) is 11.6 Å². The monoisotopic (exact) mass is 324 g/mol. The van der Waals surface area contributed by atoms with Crippen LogP contribution in [-0.2, 0) is 6.54 Å². The molecule has 2 aromatic carbocycles. The third-order valence-electron chi connectivity index (χ3n) is 4.50. The molecule has 23 heavy (non-hydrogen) atoms. The Morgan fingerprint density at radius 3 is 2.52 bits per heavy atom. The molecule has 1 amide bonds. The van der Waals surface area contributed by atoms with Crippen LogP contribution < -0.4 is 5.73 Å². The number of hydrogen-bond donors (Lipinski definition) is 1. The number of carbonyl (C=O) groups is 1. The lowest BCUT2D eigenvalue weighted by Crippen LogP contribution is -2.24. The summed E-state index contributed by atoms with van der Waals surface area (Å²) in [5, 5.41) is 0.718. The normalized spacial score (nSPS) is 16.7. The minimum Gasteiger partial charge on any atom is -0.370 e. The summed E-state index contributed by atoms with van der Waals surface area (Å²) in [6.45, 7) is 0.885. The lowest BCUT2D eigenvalue weighted by atomic mass is 9.90. The zero-order valence-electron chi connectivity index (χ0n) is 12.6. The quantitative estimate of drug-likeness (QED) is 0.933. The zero-order chi connectivity index (χ0) is 16.0. The number of carbonyl (C=O) groups excluding carboxylic acids is 1. The van der Waals surface area contributed by atoms with E-state index in [2.05, 4.69) is 11.1 Å². The zero-order valence-corrected chi connectivity index (χ0v) is 13.4. The van der Waals surface area contributed by atoms with Crippen LogP contribution in [0.4, 0.5) is 0 Å². The van der Waals surface area contributed by atoms with Crippen molar-refractivity contribution in [2.45, 2.75) is 25.4 Å². The summed E-state index contributed by atoms with van der Waals surface area (Å²) in [4.78, 5) is 13.9. The van der Waals surface area contributed by atoms with Crippen LogP contribution in [0.25, 0.3) is 5.57 Å². The van der Waals surface area contributed by atoms with Crippen molar-refractivity contribution in [3.63, 3.8) is 0 Å². The SMILES string of the molecule is NC(=O)c1ccc2c(c1)C(c1ccc(Cl)cc1)=CN(C1CC1)C2. The molecule has 0 bridgehead atoms. The molecule has 0 aromatic heterocycles. The summed E-state index contributed by atoms with van der Waals surface area (Å²) in [7, 11) is 0. The Morgan fingerprint density at radius 1 is 1.13 bits per heavy atom. The first-order valence-electron chi connectivity index (χ1n) is 7.78. The molecule has 1 aliphatic carbocycles. The fourth-order valence-corrected chi connectivity index (χ4v) is 3.22. The smallest absolute Gasteiger partial charge is 0.248 e. The maximum Gasteiger partial charge on any atom is 0.248 e. The Bertz CT molecular complexity index is 807. The van der Waals surface area contributed by atoms with Gasteiger partial charge in [-0.2, -0.15) is 0 Å². The molecule has 1 fully saturated rings. The summed E-state index contributed by atoms with van der Waals surface area (Å²) in [5.41, 5.74) is 10.5. The highest BCUT2D eigenvalue weighted by Crippen LogP contribution is 2.38. The molecule has 2 aliphatic rings. The minimum absolute atomic E-state index is 0.395. The predicted molar refractivity (Wildman–Crippen MR) is 92.1 cm³/mol. The Labute approximate surface area is 140 Å². The van der Waals surface area contributed by atoms with Crippen molar-refractivity contribution in [3.05, 3.63) is 75.9 Å². The predicted octanol–water partition coefficient (Wildman–Crippen LogP) is 3.81. The Hall–Kier alpha value is -2.26. The van der Waals surface area contributed by atoms with Gasteiger partial charge < -0.3 is 10.6 Å². The molecule has 1 heterocycles. The van der Waals surface area contributed by atoms with Gasteiger partial charge in [-0.1, -0.05) is 29.8 Å². The molecular formula is C19H17ClN2O. The van der Waals surface area contributed by atoms with Crippen molar-refractivity contribution in [1.29, 1.82) is 0 Å². The van der Waals surface area contributed by atoms with Crippen LogP contribution in [0.2, 0.25) is 5.02 Å². The van der Waals surface area contributed by atoms with Crippen LogP contribution in [0.5, 0.6) is 0 Å². The highest BCUT2D eigenvalue weighted by molar-refractivity contribution is 6.30. The topological polar surface area (TPSA) is 46.3 Å². The summed E-state index contributed by atoms with van der Waals surface area (Å²) < 4.78 is 0. The molecule has 1 saturated carbocycles. The molecule has 2 aromatic rings. The van der Waals surface area contributed by atoms with E-state index in [1.807, 2.05) is 42.5 Å². The molecule has 4 rings (SSSR count). The number of benzene rings is 2. The summed E-state index contributed by atoms with van der Waals surface area (Å²) >= 11 is 6.02. The molecule has 0 unspecified atom stereocenters. The molecule has 3 nitrogen and oxygen atoms in total. The third kappa shape index (κ3) is 2.73. The van der Waals surface area contributed by atoms with Gasteiger partial charge in [0.1, 0.15) is 0 Å². The standard InChI is InChI=1S/C19H17ClN2O/c20-15-5-3-12(4-6-15)18-11-22(16-7-8-16)10-14-2-1-13(19(21)23)9-17(14)18/h1-6,9,11,16H,7-8,10H2,(H2,21,23). The molecule has 0 spiro atoms. The average molecular weight is 325 g/mol. The van der Waals surface area contributed by atoms with Crippen molar-refractivity contribution in [2.75, 3.05) is 0 Å². The molecular weight excluding hydrogens is 308 g/mol. The summed E-state index contributed by atoms with van der Waals surface area (Å²) in [6, 6.07) is 14.2. The van der Waals surface area contributed by atoms with E-state index in [4.69, 9.17) is 17.3 Å². The number of nitrogens with zero attached hydrogens (tertiary/aromatic N) is 1. The first kappa shape index (κ1) is 14.3. The van der Waals surface area contributed by atoms with Gasteiger partial charge in [0.25, 0.3) is 0 Å². The maximum atomic E-state index is 11.5. The Kier molecular flexibility index (Phi) is 3.38. The van der Waals surface area contributed by atoms with Crippen LogP contribution in [0.1, 0.15) is 39.9 Å². The van der Waals surface area contributed by atoms with Crippen LogP contribution in [-0.4, -0.2) is 16.8 Å². The third-order valence-corrected chi connectivity index (χ3v) is 4.76. The molecule has 0 saturated heterocycles. The van der Waals surface area contributed by atoms with Crippen LogP contribution in [0, 0.1) is 0 Å². The second-order valence-electron chi connectivity index (χ2n) is 6.19. The highest BCUT2D eigenvalue weighted by atomic mass is 35.5. The molecule has 0 radical (unpaired) electrons. The van der Waals surface area contributed by atoms with E-state index in [1.165, 1.54) is 18.4 Å². The Morgan fingerprint density at radius 2 is 1.87 bits per heavy atom. The lowest BCUT2D eigenvalue weighted by Gasteiger charge is -2.29. The van der Waals surface area contributed by atoms with Crippen molar-refractivity contribution in [1.82, 2.24) is 4.90 Å². The number of amides is 1. The van der Waals surface area contributed by atoms with E-state index >= 15 is 0 Å². The minimum atomic E-state index is -0.395. The van der Waals surface area contributed by atoms with Crippen LogP contribution in [0.3, 0.4) is 0 Å². The van der Waals surface area contributed by atoms with Gasteiger partial charge in [-0.15, -0.1) is 0 Å². The Balaban J connectivity index is 1.84. The fraction of sp³-hybridized carbons (Fsp3) is 0.211. The van der Waals surface area contributed by atoms with Crippen LogP contribution >= 0.6 is 11.6 Å². The fourth-order valence-electron chi connectivity index (χ4n) is 3.10. The van der Waals surface area contributed by atoms with Gasteiger partial charge in [0.15, 0.2) is 0 Å². The van der Waals surface area contributed by atoms with Crippen molar-refractivity contribution < 1.29 is 4.79 Å². The van der Waals surface area contributed by atoms with E-state index < -0.39 is 5.91 Å². The molecule has 1 aliphatic heterocycles. The first-order valence-corrected chi connectivity index (χ1v) is 8.16. The summed E-state index contributed by atoms with van der Waals surface area (Å²) in [6.07, 6.45) is 4.71. The van der Waals surface area contributed by atoms with Crippen molar-refractivity contribution in [3.8, 4) is 0 Å². The number of halogens is 1. The van der Waals surface area contributed by atoms with E-state index in [-0.39, 0.29) is 0 Å². The van der Waals surface area contributed by atoms with Crippen LogP contribution in [0.15, 0.2) is 48.7 Å². The molecule has 116 valence electrons. The van der Waals surface area contributed by atoms with Gasteiger partial charge in [0.2, 0.25) is 5.91 Å². The van der Waals surface area contributed by atoms with Crippen molar-refractivity contribution in [2.24, 2.45) is 5.73 Å². The number of nitrogens with two attached hydrogens (primary N) is 1. The largest absolute Gasteiger partial charge is 0.370 e. The first-order chi connectivity index (χ1) is 11.1. The van der Waals surface area contributed by atoms with E-state index in [9.17, 15) is 4.79 Å². The average Bonchev–Trinajstić information content (AvgIpc) is 3.39. The van der Waals surface area contributed by atoms with Gasteiger partial charge in [0.05, 0.1) is 0 Å². The van der Waals surface area contributed by atoms with Gasteiger partial charge in [-0.3, -0.25) is 4.79 Å². The summed E-state index contributed by atoms with van der Waals surface area (Å²) in [5.74, 6) is -0.395. The van der Waals surface area contributed by atoms with E-state index in [0.717, 1.165) is 28.3 Å². The van der Waals surface area contributed by atoms with E-state index in [1.54, 1.807) is 0 Å². The number of hydrogen-bond acceptors (Lipinski definition) is 2. The molecule has 0 atom stereocenters. The number of primary amides is 1. The molecule has 2 N–H and O–H groups in total. The van der Waals surface area contributed by atoms with Gasteiger partial charge in [-0.25, -0.2) is 0 Å². The number of rotatable bonds is 3. The highest BCUT2D eigenvalue weighted by Gasteiger charge is 2.31. The van der Waals surface area contributed by atoms with Gasteiger partial charge in [-0.05, 0) is 53.8 Å². The van der Waals surface area contributed by atoms with Gasteiger partial charge >= 0.3 is 0 Å². The van der Waals surface area contributed by atoms with Crippen molar-refractivity contribution >= 4 is 23.1 Å². The second kappa shape index (κ2) is 5.43.